The van der Waals surface area contributed by atoms with Crippen LogP contribution in [0.5, 0.6) is 0 Å². The minimum Gasteiger partial charge on any atom is -0.744 e. The van der Waals surface area contributed by atoms with Crippen LogP contribution in [0.3, 0.4) is 0 Å². The zero-order chi connectivity index (χ0) is 48.4. The van der Waals surface area contributed by atoms with Crippen LogP contribution in [0.25, 0.3) is 21.5 Å². The van der Waals surface area contributed by atoms with Crippen molar-refractivity contribution < 1.29 is 64.1 Å². The summed E-state index contributed by atoms with van der Waals surface area (Å²) in [6.07, 6.45) is 11.8. The maximum atomic E-state index is 12.7. The van der Waals surface area contributed by atoms with Crippen LogP contribution in [-0.2, 0) is 59.5 Å². The smallest absolute Gasteiger partial charge is 0.303 e. The van der Waals surface area contributed by atoms with Gasteiger partial charge in [-0.2, -0.15) is 4.58 Å². The monoisotopic (exact) mass is 961 g/mol. The molecule has 1 unspecified atom stereocenters. The van der Waals surface area contributed by atoms with Gasteiger partial charge in [-0.1, -0.05) is 55.0 Å². The number of anilines is 1. The van der Waals surface area contributed by atoms with E-state index >= 15 is 0 Å². The fraction of sp³-hybridized carbons (Fsp3) is 0.440. The quantitative estimate of drug-likeness (QED) is 0.0283. The van der Waals surface area contributed by atoms with Gasteiger partial charge in [0.05, 0.1) is 54.8 Å². The number of benzene rings is 4. The fourth-order valence-corrected chi connectivity index (χ4v) is 10.7. The van der Waals surface area contributed by atoms with Crippen LogP contribution in [0.2, 0.25) is 0 Å². The fourth-order valence-electron chi connectivity index (χ4n) is 9.34. The van der Waals surface area contributed by atoms with Crippen molar-refractivity contribution in [2.45, 2.75) is 73.5 Å². The number of carboxylic acids is 1. The van der Waals surface area contributed by atoms with E-state index in [2.05, 4.69) is 59.7 Å². The topological polar surface area (TPSA) is 204 Å². The number of carboxylic acid groups (broad SMARTS) is 1. The van der Waals surface area contributed by atoms with Gasteiger partial charge in [0.15, 0.2) is 12.3 Å². The number of ether oxygens (including phenoxy) is 5. The number of hydrogen-bond donors (Lipinski definition) is 1. The van der Waals surface area contributed by atoms with Crippen LogP contribution in [0, 0.1) is 0 Å². The van der Waals surface area contributed by atoms with Crippen LogP contribution in [0.15, 0.2) is 107 Å². The second-order valence-corrected chi connectivity index (χ2v) is 20.0. The van der Waals surface area contributed by atoms with Crippen molar-refractivity contribution in [2.24, 2.45) is 0 Å². The molecule has 2 aliphatic rings. The van der Waals surface area contributed by atoms with Gasteiger partial charge >= 0.3 is 5.97 Å². The van der Waals surface area contributed by atoms with E-state index in [1.165, 1.54) is 17.0 Å². The van der Waals surface area contributed by atoms with Crippen molar-refractivity contribution in [3.8, 4) is 0 Å². The third kappa shape index (κ3) is 11.9. The molecule has 67 heavy (non-hydrogen) atoms. The van der Waals surface area contributed by atoms with Gasteiger partial charge in [0, 0.05) is 68.3 Å². The Morgan fingerprint density at radius 1 is 0.731 bits per heavy atom. The Kier molecular flexibility index (Phi) is 17.3. The number of hydrogen-bond acceptors (Lipinski definition) is 13. The van der Waals surface area contributed by atoms with Crippen molar-refractivity contribution in [3.63, 3.8) is 0 Å². The van der Waals surface area contributed by atoms with E-state index < -0.39 is 41.4 Å². The molecule has 0 amide bonds. The third-order valence-corrected chi connectivity index (χ3v) is 14.2. The highest BCUT2D eigenvalue weighted by atomic mass is 32.2. The summed E-state index contributed by atoms with van der Waals surface area (Å²) in [6, 6.07) is 17.6. The predicted octanol–water partition coefficient (Wildman–Crippen LogP) is 7.33. The summed E-state index contributed by atoms with van der Waals surface area (Å²) in [5.74, 6) is -0.892. The molecule has 0 spiro atoms. The van der Waals surface area contributed by atoms with Crippen LogP contribution in [0.1, 0.15) is 64.0 Å². The molecule has 6 rings (SSSR count). The lowest BCUT2D eigenvalue weighted by Gasteiger charge is -2.31. The lowest BCUT2D eigenvalue weighted by Crippen LogP contribution is -2.31. The average molecular weight is 962 g/mol. The van der Waals surface area contributed by atoms with Gasteiger partial charge in [0.2, 0.25) is 5.69 Å². The highest BCUT2D eigenvalue weighted by Gasteiger charge is 2.46. The molecule has 362 valence electrons. The summed E-state index contributed by atoms with van der Waals surface area (Å²) in [5, 5.41) is 11.8. The van der Waals surface area contributed by atoms with Crippen molar-refractivity contribution in [2.75, 3.05) is 85.1 Å². The molecule has 0 aliphatic carbocycles. The number of allylic oxidation sites excluding steroid dienone is 6. The summed E-state index contributed by atoms with van der Waals surface area (Å²) < 4.78 is 106. The summed E-state index contributed by atoms with van der Waals surface area (Å²) in [4.78, 5) is 11.8. The van der Waals surface area contributed by atoms with E-state index in [1.807, 2.05) is 37.3 Å². The van der Waals surface area contributed by atoms with E-state index in [9.17, 15) is 35.8 Å². The standard InChI is InChI=1S/C50H62N2O13S2/c1-49(2)44(52(25-27-61-4)41-21-19-36-14-11-12-15-38(36)47(41)49)16-8-6-9-17-45-50(3,23-26-63-30-31-65-33-32-64-29-28-62-5)48-40-34-37(66(55,56)57)35-43(67(58,59)60)39(40)20-22-42(48)51(45)24-13-7-10-18-46(53)54/h6,8-9,11-12,14-17,19-22,34-35H,7,10,13,18,23-33H2,1-5H3,(H2-,53,54,55,56,57,58,59,60)/p-1. The molecule has 4 aromatic carbocycles. The van der Waals surface area contributed by atoms with Crippen LogP contribution < -0.4 is 4.90 Å². The zero-order valence-electron chi connectivity index (χ0n) is 38.8. The average Bonchev–Trinajstić information content (AvgIpc) is 3.65. The van der Waals surface area contributed by atoms with Gasteiger partial charge < -0.3 is 42.8 Å². The number of unbranched alkanes of at least 4 members (excludes halogenated alkanes) is 2. The molecular formula is C50H61N2O13S2-. The van der Waals surface area contributed by atoms with Gasteiger partial charge in [-0.25, -0.2) is 16.8 Å². The van der Waals surface area contributed by atoms with Gasteiger partial charge in [0.1, 0.15) is 26.8 Å². The molecule has 2 heterocycles. The van der Waals surface area contributed by atoms with Crippen molar-refractivity contribution in [1.82, 2.24) is 0 Å². The molecule has 4 aromatic rings. The van der Waals surface area contributed by atoms with Crippen molar-refractivity contribution in [1.29, 1.82) is 0 Å². The minimum absolute atomic E-state index is 0.0114. The summed E-state index contributed by atoms with van der Waals surface area (Å²) in [7, 11) is -7.18. The summed E-state index contributed by atoms with van der Waals surface area (Å²) >= 11 is 0. The Morgan fingerprint density at radius 3 is 2.09 bits per heavy atom. The number of fused-ring (bicyclic) bond motifs is 6. The maximum Gasteiger partial charge on any atom is 0.303 e. The molecule has 0 aromatic heterocycles. The SMILES string of the molecule is COCCOCCOCCOCCC1(C)\C(=C/C=C/C=C/C2=[N+](CCOC)c3ccc4ccccc4c3C2(C)C)N(CCCCCC(=O)O)c2ccc3c(S(=O)(=O)[O-])cc(S(=O)(=O)[O-])cc3c21. The molecule has 1 atom stereocenters. The van der Waals surface area contributed by atoms with Crippen molar-refractivity contribution in [3.05, 3.63) is 108 Å². The molecule has 0 fully saturated rings. The Balaban J connectivity index is 1.40. The number of methoxy groups -OCH3 is 2. The van der Waals surface area contributed by atoms with Gasteiger partial charge in [-0.15, -0.1) is 0 Å². The third-order valence-electron chi connectivity index (χ3n) is 12.5. The molecule has 1 N–H and O–H groups in total. The van der Waals surface area contributed by atoms with Crippen molar-refractivity contribution >= 4 is 64.8 Å². The number of carbonyl (C=O) groups is 1. The molecule has 0 radical (unpaired) electrons. The summed E-state index contributed by atoms with van der Waals surface area (Å²) in [5.41, 5.74) is 4.01. The first-order valence-corrected chi connectivity index (χ1v) is 25.2. The largest absolute Gasteiger partial charge is 0.744 e. The molecule has 2 aliphatic heterocycles. The highest BCUT2D eigenvalue weighted by Crippen LogP contribution is 2.54. The predicted molar refractivity (Wildman–Crippen MR) is 255 cm³/mol. The number of nitrogens with zero attached hydrogens (tertiary/aromatic N) is 2. The van der Waals surface area contributed by atoms with E-state index in [4.69, 9.17) is 23.7 Å². The molecular weight excluding hydrogens is 901 g/mol. The maximum absolute atomic E-state index is 12.7. The van der Waals surface area contributed by atoms with E-state index in [0.29, 0.717) is 95.7 Å². The van der Waals surface area contributed by atoms with Crippen LogP contribution in [0.4, 0.5) is 11.4 Å². The molecule has 15 nitrogen and oxygen atoms in total. The highest BCUT2D eigenvalue weighted by molar-refractivity contribution is 7.86. The second kappa shape index (κ2) is 22.5. The van der Waals surface area contributed by atoms with E-state index in [1.54, 1.807) is 20.3 Å². The molecule has 0 saturated carbocycles. The first kappa shape index (κ1) is 51.6. The van der Waals surface area contributed by atoms with E-state index in [-0.39, 0.29) is 35.8 Å². The number of rotatable bonds is 26. The first-order valence-electron chi connectivity index (χ1n) is 22.4. The Bertz CT molecular complexity index is 2780. The van der Waals surface area contributed by atoms with Gasteiger partial charge in [-0.05, 0) is 97.5 Å². The van der Waals surface area contributed by atoms with Crippen LogP contribution >= 0.6 is 0 Å². The minimum atomic E-state index is -5.25. The lowest BCUT2D eigenvalue weighted by atomic mass is 9.76. The Morgan fingerprint density at radius 2 is 1.42 bits per heavy atom. The summed E-state index contributed by atoms with van der Waals surface area (Å²) in [6.45, 7) is 10.4. The molecule has 0 saturated heterocycles. The Labute approximate surface area is 393 Å². The van der Waals surface area contributed by atoms with Gasteiger partial charge in [-0.3, -0.25) is 4.79 Å². The molecule has 0 bridgehead atoms. The second-order valence-electron chi connectivity index (χ2n) is 17.3. The Hall–Kier alpha value is -4.82. The molecule has 17 heteroatoms. The lowest BCUT2D eigenvalue weighted by molar-refractivity contribution is -0.441. The first-order chi connectivity index (χ1) is 31.9. The number of aliphatic carboxylic acids is 1. The van der Waals surface area contributed by atoms with Crippen LogP contribution in [-0.4, -0.2) is 127 Å². The van der Waals surface area contributed by atoms with Gasteiger partial charge in [0.25, 0.3) is 0 Å². The normalized spacial score (nSPS) is 17.8. The van der Waals surface area contributed by atoms with E-state index in [0.717, 1.165) is 28.5 Å². The zero-order valence-corrected chi connectivity index (χ0v) is 40.5.